The lowest BCUT2D eigenvalue weighted by atomic mass is 10.1. The highest BCUT2D eigenvalue weighted by Crippen LogP contribution is 2.28. The van der Waals surface area contributed by atoms with Gasteiger partial charge in [0.15, 0.2) is 0 Å². The van der Waals surface area contributed by atoms with Gasteiger partial charge in [-0.2, -0.15) is 0 Å². The molecule has 1 aliphatic rings. The average Bonchev–Trinajstić information content (AvgIpc) is 3.29. The van der Waals surface area contributed by atoms with Crippen molar-refractivity contribution in [3.63, 3.8) is 0 Å². The molecule has 7 heteroatoms. The summed E-state index contributed by atoms with van der Waals surface area (Å²) in [6, 6.07) is 12.4. The minimum Gasteiger partial charge on any atom is -0.357 e. The summed E-state index contributed by atoms with van der Waals surface area (Å²) in [4.78, 5) is 28.8. The molecular formula is C25H28N6O. The van der Waals surface area contributed by atoms with Crippen molar-refractivity contribution in [2.75, 3.05) is 26.2 Å². The van der Waals surface area contributed by atoms with Crippen molar-refractivity contribution in [1.29, 1.82) is 0 Å². The number of aromatic nitrogens is 4. The fraction of sp³-hybridized carbons (Fsp3) is 0.320. The molecule has 0 saturated carbocycles. The first kappa shape index (κ1) is 20.5. The number of H-pyrrole nitrogens is 1. The number of pyridine rings is 2. The topological polar surface area (TPSA) is 69.5 Å². The molecule has 0 bridgehead atoms. The predicted octanol–water partition coefficient (Wildman–Crippen LogP) is 3.75. The van der Waals surface area contributed by atoms with E-state index < -0.39 is 0 Å². The van der Waals surface area contributed by atoms with Crippen molar-refractivity contribution in [3.8, 4) is 22.5 Å². The largest absolute Gasteiger partial charge is 0.357 e. The summed E-state index contributed by atoms with van der Waals surface area (Å²) in [6.07, 6.45) is 6.79. The molecule has 1 fully saturated rings. The van der Waals surface area contributed by atoms with E-state index in [9.17, 15) is 4.79 Å². The van der Waals surface area contributed by atoms with Gasteiger partial charge in [-0.15, -0.1) is 0 Å². The van der Waals surface area contributed by atoms with Gasteiger partial charge in [0.1, 0.15) is 11.3 Å². The Labute approximate surface area is 187 Å². The molecule has 4 aromatic rings. The van der Waals surface area contributed by atoms with E-state index in [1.165, 1.54) is 0 Å². The maximum Gasteiger partial charge on any atom is 0.219 e. The number of amides is 1. The maximum atomic E-state index is 11.8. The minimum absolute atomic E-state index is 0.159. The van der Waals surface area contributed by atoms with E-state index in [4.69, 9.17) is 4.98 Å². The molecule has 4 aromatic heterocycles. The van der Waals surface area contributed by atoms with Gasteiger partial charge in [0.25, 0.3) is 0 Å². The van der Waals surface area contributed by atoms with Gasteiger partial charge in [-0.1, -0.05) is 0 Å². The number of carbonyl (C=O) groups excluding carboxylic acids is 1. The van der Waals surface area contributed by atoms with E-state index in [1.54, 1.807) is 6.92 Å². The van der Waals surface area contributed by atoms with E-state index in [-0.39, 0.29) is 5.91 Å². The number of aromatic amines is 1. The second-order valence-corrected chi connectivity index (χ2v) is 8.48. The average molecular weight is 429 g/mol. The van der Waals surface area contributed by atoms with Crippen molar-refractivity contribution in [3.05, 3.63) is 66.4 Å². The van der Waals surface area contributed by atoms with Gasteiger partial charge in [-0.3, -0.25) is 14.7 Å². The Morgan fingerprint density at radius 2 is 1.84 bits per heavy atom. The fourth-order valence-corrected chi connectivity index (χ4v) is 4.47. The molecule has 32 heavy (non-hydrogen) atoms. The van der Waals surface area contributed by atoms with Crippen molar-refractivity contribution in [1.82, 2.24) is 29.2 Å². The van der Waals surface area contributed by atoms with Crippen LogP contribution < -0.4 is 0 Å². The first-order valence-electron chi connectivity index (χ1n) is 11.1. The monoisotopic (exact) mass is 428 g/mol. The van der Waals surface area contributed by atoms with Crippen LogP contribution in [0.4, 0.5) is 0 Å². The molecular weight excluding hydrogens is 400 g/mol. The fourth-order valence-electron chi connectivity index (χ4n) is 4.47. The Morgan fingerprint density at radius 3 is 2.59 bits per heavy atom. The zero-order chi connectivity index (χ0) is 22.1. The first-order valence-corrected chi connectivity index (χ1v) is 11.1. The summed E-state index contributed by atoms with van der Waals surface area (Å²) in [5, 5.41) is 0. The molecule has 1 N–H and O–H groups in total. The van der Waals surface area contributed by atoms with E-state index >= 15 is 0 Å². The van der Waals surface area contributed by atoms with Crippen molar-refractivity contribution >= 4 is 11.6 Å². The second kappa shape index (κ2) is 8.59. The molecule has 0 unspecified atom stereocenters. The first-order chi connectivity index (χ1) is 15.6. The van der Waals surface area contributed by atoms with E-state index in [0.717, 1.165) is 78.7 Å². The molecule has 0 radical (unpaired) electrons. The van der Waals surface area contributed by atoms with Gasteiger partial charge < -0.3 is 14.3 Å². The molecule has 0 atom stereocenters. The maximum absolute atomic E-state index is 11.8. The van der Waals surface area contributed by atoms with Gasteiger partial charge in [0.2, 0.25) is 5.91 Å². The van der Waals surface area contributed by atoms with Crippen LogP contribution >= 0.6 is 0 Å². The Kier molecular flexibility index (Phi) is 5.49. The highest BCUT2D eigenvalue weighted by Gasteiger charge is 2.21. The van der Waals surface area contributed by atoms with Crippen LogP contribution in [0.2, 0.25) is 0 Å². The van der Waals surface area contributed by atoms with Gasteiger partial charge in [0.05, 0.1) is 11.4 Å². The summed E-state index contributed by atoms with van der Waals surface area (Å²) in [7, 11) is 0. The number of rotatable bonds is 4. The number of aryl methyl sites for hydroxylation is 1. The summed E-state index contributed by atoms with van der Waals surface area (Å²) < 4.78 is 2.22. The van der Waals surface area contributed by atoms with E-state index in [1.807, 2.05) is 29.4 Å². The highest BCUT2D eigenvalue weighted by molar-refractivity contribution is 5.73. The normalized spacial score (nSPS) is 15.2. The van der Waals surface area contributed by atoms with Gasteiger partial charge in [0, 0.05) is 63.9 Å². The van der Waals surface area contributed by atoms with Crippen LogP contribution in [-0.2, 0) is 11.3 Å². The van der Waals surface area contributed by atoms with E-state index in [2.05, 4.69) is 56.7 Å². The SMILES string of the molecule is CC(=O)N1CCCN(Cc2c(-c3ccc(C)[nH]3)nc3ccc(-c4ccncc4)cn23)CC1. The molecule has 1 aliphatic heterocycles. The summed E-state index contributed by atoms with van der Waals surface area (Å²) in [5.41, 5.74) is 7.49. The van der Waals surface area contributed by atoms with Crippen molar-refractivity contribution in [2.24, 2.45) is 0 Å². The van der Waals surface area contributed by atoms with Crippen LogP contribution in [0.5, 0.6) is 0 Å². The number of nitrogens with one attached hydrogen (secondary N) is 1. The lowest BCUT2D eigenvalue weighted by molar-refractivity contribution is -0.128. The molecule has 1 amide bonds. The molecule has 1 saturated heterocycles. The molecule has 5 rings (SSSR count). The van der Waals surface area contributed by atoms with Gasteiger partial charge >= 0.3 is 0 Å². The summed E-state index contributed by atoms with van der Waals surface area (Å²) in [5.74, 6) is 0.159. The lowest BCUT2D eigenvalue weighted by Gasteiger charge is -2.21. The molecule has 7 nitrogen and oxygen atoms in total. The third-order valence-electron chi connectivity index (χ3n) is 6.23. The van der Waals surface area contributed by atoms with E-state index in [0.29, 0.717) is 0 Å². The third kappa shape index (κ3) is 4.03. The number of carbonyl (C=O) groups is 1. The number of hydrogen-bond acceptors (Lipinski definition) is 4. The van der Waals surface area contributed by atoms with Crippen LogP contribution in [0.3, 0.4) is 0 Å². The number of hydrogen-bond donors (Lipinski definition) is 1. The Balaban J connectivity index is 1.55. The quantitative estimate of drug-likeness (QED) is 0.537. The highest BCUT2D eigenvalue weighted by atomic mass is 16.2. The van der Waals surface area contributed by atoms with Crippen LogP contribution in [0.25, 0.3) is 28.2 Å². The van der Waals surface area contributed by atoms with Crippen molar-refractivity contribution in [2.45, 2.75) is 26.8 Å². The molecule has 0 aromatic carbocycles. The van der Waals surface area contributed by atoms with Gasteiger partial charge in [-0.25, -0.2) is 4.98 Å². The number of fused-ring (bicyclic) bond motifs is 1. The van der Waals surface area contributed by atoms with Crippen LogP contribution in [0.15, 0.2) is 55.0 Å². The van der Waals surface area contributed by atoms with Gasteiger partial charge in [-0.05, 0) is 60.9 Å². The van der Waals surface area contributed by atoms with Crippen LogP contribution in [0.1, 0.15) is 24.7 Å². The van der Waals surface area contributed by atoms with Crippen LogP contribution in [0, 0.1) is 6.92 Å². The number of nitrogens with zero attached hydrogens (tertiary/aromatic N) is 5. The Hall–Kier alpha value is -3.45. The Bertz CT molecular complexity index is 1240. The molecule has 0 spiro atoms. The zero-order valence-electron chi connectivity index (χ0n) is 18.6. The number of imidazole rings is 1. The molecule has 164 valence electrons. The van der Waals surface area contributed by atoms with Crippen LogP contribution in [-0.4, -0.2) is 61.2 Å². The molecule has 5 heterocycles. The smallest absolute Gasteiger partial charge is 0.219 e. The Morgan fingerprint density at radius 1 is 1.00 bits per heavy atom. The summed E-state index contributed by atoms with van der Waals surface area (Å²) in [6.45, 7) is 7.92. The molecule has 0 aliphatic carbocycles. The minimum atomic E-state index is 0.159. The van der Waals surface area contributed by atoms with Crippen molar-refractivity contribution < 1.29 is 4.79 Å². The zero-order valence-corrected chi connectivity index (χ0v) is 18.6. The summed E-state index contributed by atoms with van der Waals surface area (Å²) >= 11 is 0. The third-order valence-corrected chi connectivity index (χ3v) is 6.23. The second-order valence-electron chi connectivity index (χ2n) is 8.48. The predicted molar refractivity (Wildman–Crippen MR) is 125 cm³/mol. The lowest BCUT2D eigenvalue weighted by Crippen LogP contribution is -2.33. The standard InChI is InChI=1S/C25H28N6O/c1-18-4-6-22(27-18)25-23(17-29-12-3-13-30(15-14-29)19(2)32)31-16-21(5-7-24(31)28-25)20-8-10-26-11-9-20/h4-11,16,27H,3,12-15,17H2,1-2H3.